The van der Waals surface area contributed by atoms with Crippen molar-refractivity contribution in [2.75, 3.05) is 6.54 Å². The molecule has 0 heterocycles. The summed E-state index contributed by atoms with van der Waals surface area (Å²) in [7, 11) is 0. The molecule has 0 saturated heterocycles. The second kappa shape index (κ2) is 4.90. The summed E-state index contributed by atoms with van der Waals surface area (Å²) in [6.45, 7) is 3.23. The Hall–Kier alpha value is -1.17. The third-order valence-electron chi connectivity index (χ3n) is 2.18. The smallest absolute Gasteiger partial charge is 0.236 e. The lowest BCUT2D eigenvalue weighted by Crippen LogP contribution is -2.48. The number of hydrogen-bond donors (Lipinski definition) is 3. The lowest BCUT2D eigenvalue weighted by Gasteiger charge is -2.24. The monoisotopic (exact) mass is 217 g/mol. The van der Waals surface area contributed by atoms with Crippen molar-refractivity contribution in [2.45, 2.75) is 20.3 Å². The van der Waals surface area contributed by atoms with Gasteiger partial charge in [-0.25, -0.2) is 0 Å². The Kier molecular flexibility index (Phi) is 4.49. The molecule has 0 spiro atoms. The number of nitrogens with one attached hydrogen (secondary N) is 1. The van der Waals surface area contributed by atoms with Gasteiger partial charge < -0.3 is 16.8 Å². The molecule has 6 heteroatoms. The molecule has 0 bridgehead atoms. The maximum absolute atomic E-state index is 11.6. The van der Waals surface area contributed by atoms with E-state index in [-0.39, 0.29) is 17.4 Å². The van der Waals surface area contributed by atoms with Gasteiger partial charge in [-0.1, -0.05) is 19.1 Å². The average molecular weight is 217 g/mol. The van der Waals surface area contributed by atoms with Crippen LogP contribution in [-0.4, -0.2) is 23.3 Å². The Morgan fingerprint density at radius 3 is 2.21 bits per heavy atom. The number of nitrogens with two attached hydrogens (primary N) is 2. The van der Waals surface area contributed by atoms with Crippen LogP contribution in [-0.2, 0) is 9.59 Å². The van der Waals surface area contributed by atoms with Gasteiger partial charge in [0.2, 0.25) is 11.8 Å². The maximum Gasteiger partial charge on any atom is 0.236 e. The quantitative estimate of drug-likeness (QED) is 0.530. The topological polar surface area (TPSA) is 98.2 Å². The number of carbonyl (C=O) groups excluding carboxylic acids is 2. The first-order valence-corrected chi connectivity index (χ1v) is 4.62. The number of hydrogen-bond acceptors (Lipinski definition) is 3. The first kappa shape index (κ1) is 12.8. The van der Waals surface area contributed by atoms with E-state index in [4.69, 9.17) is 23.7 Å². The summed E-state index contributed by atoms with van der Waals surface area (Å²) in [6, 6.07) is 0. The Morgan fingerprint density at radius 2 is 1.93 bits per heavy atom. The highest BCUT2D eigenvalue weighted by atomic mass is 32.1. The summed E-state index contributed by atoms with van der Waals surface area (Å²) in [5.74, 6) is -0.967. The van der Waals surface area contributed by atoms with Crippen LogP contribution in [0.3, 0.4) is 0 Å². The lowest BCUT2D eigenvalue weighted by molar-refractivity contribution is -0.129. The summed E-state index contributed by atoms with van der Waals surface area (Å²) in [5.41, 5.74) is 9.42. The zero-order valence-electron chi connectivity index (χ0n) is 8.29. The van der Waals surface area contributed by atoms with Gasteiger partial charge in [-0.2, -0.15) is 0 Å². The highest BCUT2D eigenvalue weighted by molar-refractivity contribution is 7.80. The van der Waals surface area contributed by atoms with Gasteiger partial charge >= 0.3 is 0 Å². The molecule has 0 aliphatic heterocycles. The molecule has 0 rings (SSSR count). The summed E-state index contributed by atoms with van der Waals surface area (Å²) >= 11 is 4.79. The molecule has 5 nitrogen and oxygen atoms in total. The number of carbonyl (C=O) groups is 2. The Morgan fingerprint density at radius 1 is 1.43 bits per heavy atom. The van der Waals surface area contributed by atoms with Crippen molar-refractivity contribution >= 4 is 29.0 Å². The van der Waals surface area contributed by atoms with E-state index in [1.807, 2.05) is 0 Å². The van der Waals surface area contributed by atoms with Crippen LogP contribution in [0, 0.1) is 5.41 Å². The largest absolute Gasteiger partial charge is 0.392 e. The van der Waals surface area contributed by atoms with Crippen molar-refractivity contribution in [1.29, 1.82) is 0 Å². The zero-order valence-corrected chi connectivity index (χ0v) is 9.11. The molecule has 0 aliphatic rings. The summed E-state index contributed by atoms with van der Waals surface area (Å²) in [5, 5.41) is 2.37. The fourth-order valence-corrected chi connectivity index (χ4v) is 1.05. The summed E-state index contributed by atoms with van der Waals surface area (Å²) < 4.78 is 0. The van der Waals surface area contributed by atoms with Gasteiger partial charge in [-0.15, -0.1) is 0 Å². The minimum atomic E-state index is -0.912. The van der Waals surface area contributed by atoms with E-state index in [0.717, 1.165) is 0 Å². The van der Waals surface area contributed by atoms with Crippen molar-refractivity contribution in [3.8, 4) is 0 Å². The molecule has 2 amide bonds. The van der Waals surface area contributed by atoms with Crippen LogP contribution in [0.5, 0.6) is 0 Å². The Balaban J connectivity index is 4.47. The van der Waals surface area contributed by atoms with Crippen LogP contribution < -0.4 is 16.8 Å². The number of amides is 2. The Bertz CT molecular complexity index is 267. The molecule has 1 unspecified atom stereocenters. The van der Waals surface area contributed by atoms with Crippen LogP contribution in [0.1, 0.15) is 20.3 Å². The van der Waals surface area contributed by atoms with Crippen LogP contribution in [0.2, 0.25) is 0 Å². The molecule has 0 radical (unpaired) electrons. The van der Waals surface area contributed by atoms with Crippen LogP contribution in [0.4, 0.5) is 0 Å². The Labute approximate surface area is 88.2 Å². The maximum atomic E-state index is 11.6. The van der Waals surface area contributed by atoms with E-state index in [2.05, 4.69) is 5.32 Å². The summed E-state index contributed by atoms with van der Waals surface area (Å²) in [6.07, 6.45) is 0.479. The molecule has 80 valence electrons. The third-order valence-corrected chi connectivity index (χ3v) is 2.63. The molecule has 0 aromatic carbocycles. The number of primary amides is 1. The average Bonchev–Trinajstić information content (AvgIpc) is 2.12. The van der Waals surface area contributed by atoms with Crippen molar-refractivity contribution in [3.63, 3.8) is 0 Å². The predicted molar refractivity (Wildman–Crippen MR) is 57.4 cm³/mol. The molecule has 5 N–H and O–H groups in total. The van der Waals surface area contributed by atoms with Crippen molar-refractivity contribution in [2.24, 2.45) is 16.9 Å². The van der Waals surface area contributed by atoms with E-state index in [0.29, 0.717) is 6.42 Å². The molecule has 0 aromatic rings. The van der Waals surface area contributed by atoms with E-state index in [9.17, 15) is 9.59 Å². The van der Waals surface area contributed by atoms with Gasteiger partial charge in [0.15, 0.2) is 0 Å². The molecule has 14 heavy (non-hydrogen) atoms. The minimum absolute atomic E-state index is 0.113. The van der Waals surface area contributed by atoms with Crippen molar-refractivity contribution in [3.05, 3.63) is 0 Å². The molecular weight excluding hydrogens is 202 g/mol. The molecule has 0 aromatic heterocycles. The highest BCUT2D eigenvalue weighted by Gasteiger charge is 2.34. The van der Waals surface area contributed by atoms with Gasteiger partial charge in [-0.05, 0) is 13.3 Å². The number of thiocarbonyl (C=S) groups is 1. The molecular formula is C8H15N3O2S. The van der Waals surface area contributed by atoms with E-state index < -0.39 is 11.3 Å². The van der Waals surface area contributed by atoms with Gasteiger partial charge in [0.25, 0.3) is 0 Å². The second-order valence-corrected chi connectivity index (χ2v) is 3.64. The van der Waals surface area contributed by atoms with Crippen molar-refractivity contribution in [1.82, 2.24) is 5.32 Å². The van der Waals surface area contributed by atoms with E-state index in [1.165, 1.54) is 0 Å². The fraction of sp³-hybridized carbons (Fsp3) is 0.625. The predicted octanol–water partition coefficient (Wildman–Crippen LogP) is -0.710. The standard InChI is InChI=1S/C8H15N3O2S/c1-3-8(2,6(10)14)7(13)11-4-5(9)12/h3-4H2,1-2H3,(H2,9,12)(H2,10,14)(H,11,13). The normalized spacial score (nSPS) is 14.1. The molecule has 1 atom stereocenters. The van der Waals surface area contributed by atoms with Gasteiger partial charge in [0.1, 0.15) is 0 Å². The SMILES string of the molecule is CCC(C)(C(=O)NCC(N)=O)C(N)=S. The fourth-order valence-electron chi connectivity index (χ4n) is 0.809. The lowest BCUT2D eigenvalue weighted by atomic mass is 9.86. The van der Waals surface area contributed by atoms with E-state index >= 15 is 0 Å². The second-order valence-electron chi connectivity index (χ2n) is 3.20. The minimum Gasteiger partial charge on any atom is -0.392 e. The number of rotatable bonds is 5. The van der Waals surface area contributed by atoms with Crippen molar-refractivity contribution < 1.29 is 9.59 Å². The third kappa shape index (κ3) is 2.95. The zero-order chi connectivity index (χ0) is 11.4. The van der Waals surface area contributed by atoms with E-state index in [1.54, 1.807) is 13.8 Å². The first-order valence-electron chi connectivity index (χ1n) is 4.21. The van der Waals surface area contributed by atoms with Gasteiger partial charge in [0, 0.05) is 0 Å². The van der Waals surface area contributed by atoms with Crippen LogP contribution >= 0.6 is 12.2 Å². The molecule has 0 fully saturated rings. The van der Waals surface area contributed by atoms with Gasteiger partial charge in [0.05, 0.1) is 16.9 Å². The van der Waals surface area contributed by atoms with Crippen LogP contribution in [0.25, 0.3) is 0 Å². The first-order chi connectivity index (χ1) is 6.34. The molecule has 0 aliphatic carbocycles. The molecule has 0 saturated carbocycles. The van der Waals surface area contributed by atoms with Gasteiger partial charge in [-0.3, -0.25) is 9.59 Å². The van der Waals surface area contributed by atoms with Crippen LogP contribution in [0.15, 0.2) is 0 Å². The highest BCUT2D eigenvalue weighted by Crippen LogP contribution is 2.21. The summed E-state index contributed by atoms with van der Waals surface area (Å²) in [4.78, 5) is 22.1.